The second-order valence-corrected chi connectivity index (χ2v) is 4.60. The number of fused-ring (bicyclic) bond motifs is 1. The predicted molar refractivity (Wildman–Crippen MR) is 47.1 cm³/mol. The molecule has 0 atom stereocenters. The SMILES string of the molecule is O=S(=O)(ON1C=Cc2oncc2C1)C(F)(F)F. The quantitative estimate of drug-likeness (QED) is 0.753. The van der Waals surface area contributed by atoms with Crippen molar-refractivity contribution in [2.75, 3.05) is 0 Å². The van der Waals surface area contributed by atoms with Crippen molar-refractivity contribution in [1.29, 1.82) is 0 Å². The molecular formula is C7H5F3N2O4S. The third-order valence-electron chi connectivity index (χ3n) is 1.87. The van der Waals surface area contributed by atoms with Gasteiger partial charge in [-0.3, -0.25) is 0 Å². The van der Waals surface area contributed by atoms with Crippen LogP contribution in [0.25, 0.3) is 6.08 Å². The first-order valence-electron chi connectivity index (χ1n) is 4.19. The Hall–Kier alpha value is -1.55. The van der Waals surface area contributed by atoms with E-state index < -0.39 is 15.6 Å². The fourth-order valence-corrected chi connectivity index (χ4v) is 1.56. The van der Waals surface area contributed by atoms with E-state index in [1.54, 1.807) is 0 Å². The summed E-state index contributed by atoms with van der Waals surface area (Å²) in [6.45, 7) is -0.204. The highest BCUT2D eigenvalue weighted by molar-refractivity contribution is 7.87. The highest BCUT2D eigenvalue weighted by Gasteiger charge is 2.49. The van der Waals surface area contributed by atoms with E-state index in [0.29, 0.717) is 16.4 Å². The molecule has 0 N–H and O–H groups in total. The van der Waals surface area contributed by atoms with Gasteiger partial charge in [-0.05, 0) is 0 Å². The molecule has 0 fully saturated rings. The molecule has 0 bridgehead atoms. The van der Waals surface area contributed by atoms with Crippen LogP contribution in [0.4, 0.5) is 13.2 Å². The Balaban J connectivity index is 2.14. The number of hydroxylamine groups is 2. The van der Waals surface area contributed by atoms with Gasteiger partial charge in [0, 0.05) is 17.8 Å². The highest BCUT2D eigenvalue weighted by atomic mass is 32.2. The summed E-state index contributed by atoms with van der Waals surface area (Å²) < 4.78 is 66.1. The summed E-state index contributed by atoms with van der Waals surface area (Å²) in [4.78, 5) is 0. The molecule has 6 nitrogen and oxygen atoms in total. The lowest BCUT2D eigenvalue weighted by Gasteiger charge is -2.21. The van der Waals surface area contributed by atoms with Gasteiger partial charge < -0.3 is 4.52 Å². The molecular weight excluding hydrogens is 265 g/mol. The Morgan fingerprint density at radius 2 is 2.18 bits per heavy atom. The lowest BCUT2D eigenvalue weighted by atomic mass is 10.2. The summed E-state index contributed by atoms with van der Waals surface area (Å²) >= 11 is 0. The van der Waals surface area contributed by atoms with Crippen molar-refractivity contribution < 1.29 is 30.4 Å². The lowest BCUT2D eigenvalue weighted by molar-refractivity contribution is -0.0853. The summed E-state index contributed by atoms with van der Waals surface area (Å²) in [6, 6.07) is 0. The van der Waals surface area contributed by atoms with Gasteiger partial charge in [0.2, 0.25) is 0 Å². The van der Waals surface area contributed by atoms with E-state index in [2.05, 4.69) is 9.44 Å². The molecule has 1 aliphatic rings. The van der Waals surface area contributed by atoms with Crippen molar-refractivity contribution >= 4 is 16.2 Å². The number of hydrogen-bond donors (Lipinski definition) is 0. The zero-order valence-corrected chi connectivity index (χ0v) is 8.83. The molecule has 0 unspecified atom stereocenters. The van der Waals surface area contributed by atoms with Crippen LogP contribution in [-0.2, 0) is 20.9 Å². The molecule has 0 aliphatic carbocycles. The van der Waals surface area contributed by atoms with Gasteiger partial charge in [-0.15, -0.1) is 4.28 Å². The number of halogens is 3. The molecule has 0 aromatic carbocycles. The van der Waals surface area contributed by atoms with Gasteiger partial charge in [-0.2, -0.15) is 21.6 Å². The van der Waals surface area contributed by atoms with Gasteiger partial charge in [0.25, 0.3) is 0 Å². The predicted octanol–water partition coefficient (Wildman–Crippen LogP) is 1.24. The summed E-state index contributed by atoms with van der Waals surface area (Å²) in [7, 11) is -5.66. The number of aromatic nitrogens is 1. The van der Waals surface area contributed by atoms with Gasteiger partial charge in [0.1, 0.15) is 0 Å². The van der Waals surface area contributed by atoms with Crippen molar-refractivity contribution in [3.05, 3.63) is 23.7 Å². The van der Waals surface area contributed by atoms with Crippen molar-refractivity contribution in [2.45, 2.75) is 12.1 Å². The van der Waals surface area contributed by atoms with Crippen LogP contribution in [0, 0.1) is 0 Å². The first kappa shape index (κ1) is 11.9. The lowest BCUT2D eigenvalue weighted by Crippen LogP contribution is -2.32. The fourth-order valence-electron chi connectivity index (χ4n) is 1.12. The Bertz CT molecular complexity index is 548. The van der Waals surface area contributed by atoms with Crippen LogP contribution in [0.5, 0.6) is 0 Å². The maximum absolute atomic E-state index is 12.0. The number of alkyl halides is 3. The van der Waals surface area contributed by atoms with E-state index in [9.17, 15) is 21.6 Å². The summed E-state index contributed by atoms with van der Waals surface area (Å²) in [5.41, 5.74) is -5.04. The number of nitrogens with zero attached hydrogens (tertiary/aromatic N) is 2. The minimum Gasteiger partial charge on any atom is -0.357 e. The van der Waals surface area contributed by atoms with Gasteiger partial charge in [-0.25, -0.2) is 5.06 Å². The minimum absolute atomic E-state index is 0.204. The first-order valence-corrected chi connectivity index (χ1v) is 5.60. The zero-order chi connectivity index (χ0) is 12.7. The molecule has 1 aromatic heterocycles. The Morgan fingerprint density at radius 3 is 2.82 bits per heavy atom. The van der Waals surface area contributed by atoms with E-state index >= 15 is 0 Å². The molecule has 10 heteroatoms. The topological polar surface area (TPSA) is 72.6 Å². The van der Waals surface area contributed by atoms with Gasteiger partial charge in [0.15, 0.2) is 5.76 Å². The molecule has 0 saturated heterocycles. The summed E-state index contributed by atoms with van der Waals surface area (Å²) in [6.07, 6.45) is 3.52. The van der Waals surface area contributed by atoms with Crippen molar-refractivity contribution in [2.24, 2.45) is 0 Å². The van der Waals surface area contributed by atoms with E-state index in [4.69, 9.17) is 4.52 Å². The first-order chi connectivity index (χ1) is 7.79. The number of rotatable bonds is 2. The monoisotopic (exact) mass is 270 g/mol. The maximum atomic E-state index is 12.0. The minimum atomic E-state index is -5.66. The van der Waals surface area contributed by atoms with E-state index in [0.717, 1.165) is 6.20 Å². The average Bonchev–Trinajstić information content (AvgIpc) is 2.62. The van der Waals surface area contributed by atoms with Crippen LogP contribution >= 0.6 is 0 Å². The molecule has 17 heavy (non-hydrogen) atoms. The molecule has 94 valence electrons. The van der Waals surface area contributed by atoms with E-state index in [1.807, 2.05) is 0 Å². The van der Waals surface area contributed by atoms with E-state index in [1.165, 1.54) is 12.3 Å². The van der Waals surface area contributed by atoms with Crippen molar-refractivity contribution in [1.82, 2.24) is 10.2 Å². The third kappa shape index (κ3) is 2.26. The van der Waals surface area contributed by atoms with Crippen LogP contribution in [-0.4, -0.2) is 24.1 Å². The van der Waals surface area contributed by atoms with Gasteiger partial charge in [0.05, 0.1) is 12.7 Å². The summed E-state index contributed by atoms with van der Waals surface area (Å²) in [5, 5.41) is 3.93. The molecule has 2 rings (SSSR count). The van der Waals surface area contributed by atoms with Crippen LogP contribution in [0.1, 0.15) is 11.3 Å². The molecule has 0 amide bonds. The molecule has 1 aliphatic heterocycles. The Labute approximate surface area is 93.3 Å². The van der Waals surface area contributed by atoms with Crippen LogP contribution in [0.3, 0.4) is 0 Å². The maximum Gasteiger partial charge on any atom is 0.525 e. The third-order valence-corrected chi connectivity index (χ3v) is 2.83. The second-order valence-electron chi connectivity index (χ2n) is 3.08. The molecule has 2 heterocycles. The molecule has 0 saturated carbocycles. The van der Waals surface area contributed by atoms with Gasteiger partial charge in [-0.1, -0.05) is 5.16 Å². The zero-order valence-electron chi connectivity index (χ0n) is 8.01. The molecule has 0 radical (unpaired) electrons. The Morgan fingerprint density at radius 1 is 1.47 bits per heavy atom. The normalized spacial score (nSPS) is 16.1. The van der Waals surface area contributed by atoms with Crippen LogP contribution in [0.2, 0.25) is 0 Å². The highest BCUT2D eigenvalue weighted by Crippen LogP contribution is 2.27. The largest absolute Gasteiger partial charge is 0.525 e. The fraction of sp³-hybridized carbons (Fsp3) is 0.286. The van der Waals surface area contributed by atoms with Crippen molar-refractivity contribution in [3.63, 3.8) is 0 Å². The van der Waals surface area contributed by atoms with Crippen LogP contribution < -0.4 is 0 Å². The molecule has 0 spiro atoms. The summed E-state index contributed by atoms with van der Waals surface area (Å²) in [5.74, 6) is 0.342. The standard InChI is InChI=1S/C7H5F3N2O4S/c8-7(9,10)17(13,14)16-12-2-1-6-5(4-12)3-11-15-6/h1-3H,4H2. The average molecular weight is 270 g/mol. The molecule has 1 aromatic rings. The van der Waals surface area contributed by atoms with E-state index in [-0.39, 0.29) is 6.54 Å². The second kappa shape index (κ2) is 3.74. The number of hydrogen-bond acceptors (Lipinski definition) is 6. The smallest absolute Gasteiger partial charge is 0.357 e. The van der Waals surface area contributed by atoms with Gasteiger partial charge >= 0.3 is 15.6 Å². The Kier molecular flexibility index (Phi) is 2.62. The van der Waals surface area contributed by atoms with Crippen LogP contribution in [0.15, 0.2) is 16.9 Å². The van der Waals surface area contributed by atoms with Crippen molar-refractivity contribution in [3.8, 4) is 0 Å².